The smallest absolute Gasteiger partial charge is 0.227 e. The van der Waals surface area contributed by atoms with E-state index in [1.165, 1.54) is 0 Å². The third-order valence-corrected chi connectivity index (χ3v) is 4.52. The Morgan fingerprint density at radius 3 is 2.72 bits per heavy atom. The number of ether oxygens (including phenoxy) is 1. The highest BCUT2D eigenvalue weighted by Gasteiger charge is 2.23. The Morgan fingerprint density at radius 2 is 2.04 bits per heavy atom. The molecule has 0 radical (unpaired) electrons. The Bertz CT molecular complexity index is 678. The predicted molar refractivity (Wildman–Crippen MR) is 93.4 cm³/mol. The van der Waals surface area contributed by atoms with Crippen LogP contribution >= 0.6 is 0 Å². The Labute approximate surface area is 147 Å². The molecule has 25 heavy (non-hydrogen) atoms. The van der Waals surface area contributed by atoms with Gasteiger partial charge in [0.25, 0.3) is 0 Å². The molecule has 1 fully saturated rings. The van der Waals surface area contributed by atoms with Gasteiger partial charge in [0, 0.05) is 32.7 Å². The summed E-state index contributed by atoms with van der Waals surface area (Å²) in [6.07, 6.45) is 1.31. The largest absolute Gasteiger partial charge is 0.497 e. The number of rotatable bonds is 6. The van der Waals surface area contributed by atoms with E-state index < -0.39 is 6.10 Å². The summed E-state index contributed by atoms with van der Waals surface area (Å²) in [7, 11) is 1.62. The van der Waals surface area contributed by atoms with E-state index in [1.54, 1.807) is 25.5 Å². The van der Waals surface area contributed by atoms with Gasteiger partial charge in [-0.2, -0.15) is 0 Å². The molecule has 1 N–H and O–H groups in total. The number of amides is 1. The molecule has 134 valence electrons. The fourth-order valence-electron chi connectivity index (χ4n) is 3.06. The van der Waals surface area contributed by atoms with Crippen LogP contribution < -0.4 is 4.74 Å². The van der Waals surface area contributed by atoms with Crippen LogP contribution in [0.25, 0.3) is 0 Å². The van der Waals surface area contributed by atoms with Crippen molar-refractivity contribution in [3.05, 3.63) is 54.0 Å². The average molecular weight is 344 g/mol. The van der Waals surface area contributed by atoms with Crippen LogP contribution in [0.4, 0.5) is 0 Å². The molecule has 0 spiro atoms. The van der Waals surface area contributed by atoms with E-state index in [0.29, 0.717) is 31.8 Å². The first-order valence-corrected chi connectivity index (χ1v) is 8.50. The lowest BCUT2D eigenvalue weighted by atomic mass is 10.1. The zero-order chi connectivity index (χ0) is 17.6. The van der Waals surface area contributed by atoms with Gasteiger partial charge < -0.3 is 19.2 Å². The molecule has 6 heteroatoms. The fraction of sp³-hybridized carbons (Fsp3) is 0.421. The number of aliphatic hydroxyl groups is 1. The normalized spacial score (nSPS) is 16.6. The van der Waals surface area contributed by atoms with E-state index in [9.17, 15) is 9.90 Å². The van der Waals surface area contributed by atoms with E-state index in [-0.39, 0.29) is 5.91 Å². The molecule has 3 rings (SSSR count). The van der Waals surface area contributed by atoms with Crippen LogP contribution in [-0.4, -0.2) is 60.6 Å². The summed E-state index contributed by atoms with van der Waals surface area (Å²) in [5, 5.41) is 10.2. The van der Waals surface area contributed by atoms with Gasteiger partial charge >= 0.3 is 0 Å². The highest BCUT2D eigenvalue weighted by molar-refractivity contribution is 5.79. The number of hydrogen-bond donors (Lipinski definition) is 1. The first kappa shape index (κ1) is 17.5. The van der Waals surface area contributed by atoms with Gasteiger partial charge in [0.15, 0.2) is 0 Å². The van der Waals surface area contributed by atoms with Gasteiger partial charge in [-0.3, -0.25) is 9.69 Å². The molecule has 1 aliphatic heterocycles. The molecule has 1 unspecified atom stereocenters. The Morgan fingerprint density at radius 1 is 1.24 bits per heavy atom. The second-order valence-corrected chi connectivity index (χ2v) is 6.24. The molecule has 1 aromatic carbocycles. The first-order valence-electron chi connectivity index (χ1n) is 8.50. The summed E-state index contributed by atoms with van der Waals surface area (Å²) in [5.41, 5.74) is 0.958. The second-order valence-electron chi connectivity index (χ2n) is 6.24. The van der Waals surface area contributed by atoms with Gasteiger partial charge in [-0.25, -0.2) is 0 Å². The monoisotopic (exact) mass is 344 g/mol. The molecule has 2 aromatic rings. The van der Waals surface area contributed by atoms with Crippen molar-refractivity contribution in [2.24, 2.45) is 0 Å². The van der Waals surface area contributed by atoms with Crippen molar-refractivity contribution < 1.29 is 19.1 Å². The van der Waals surface area contributed by atoms with E-state index in [1.807, 2.05) is 29.2 Å². The minimum atomic E-state index is -0.631. The Kier molecular flexibility index (Phi) is 5.73. The van der Waals surface area contributed by atoms with Crippen molar-refractivity contribution >= 4 is 5.91 Å². The lowest BCUT2D eigenvalue weighted by Crippen LogP contribution is -2.50. The van der Waals surface area contributed by atoms with Crippen LogP contribution in [0.15, 0.2) is 47.1 Å². The molecule has 1 atom stereocenters. The van der Waals surface area contributed by atoms with Gasteiger partial charge in [-0.15, -0.1) is 0 Å². The van der Waals surface area contributed by atoms with Gasteiger partial charge in [-0.05, 0) is 29.8 Å². The summed E-state index contributed by atoms with van der Waals surface area (Å²) >= 11 is 0. The topological polar surface area (TPSA) is 66.2 Å². The van der Waals surface area contributed by atoms with Crippen molar-refractivity contribution in [3.63, 3.8) is 0 Å². The van der Waals surface area contributed by atoms with Gasteiger partial charge in [0.05, 0.1) is 19.8 Å². The summed E-state index contributed by atoms with van der Waals surface area (Å²) in [6, 6.07) is 11.2. The van der Waals surface area contributed by atoms with E-state index in [4.69, 9.17) is 9.15 Å². The zero-order valence-electron chi connectivity index (χ0n) is 14.4. The zero-order valence-corrected chi connectivity index (χ0v) is 14.4. The lowest BCUT2D eigenvalue weighted by molar-refractivity contribution is -0.132. The summed E-state index contributed by atoms with van der Waals surface area (Å²) in [6.45, 7) is 3.37. The number of carbonyl (C=O) groups is 1. The third-order valence-electron chi connectivity index (χ3n) is 4.52. The molecule has 1 amide bonds. The standard InChI is InChI=1S/C19H24N2O4/c1-24-16-5-2-4-15(12-16)13-19(23)21-9-7-20(8-10-21)14-17(22)18-6-3-11-25-18/h2-6,11-12,17,22H,7-10,13-14H2,1H3. The number of piperazine rings is 1. The predicted octanol–water partition coefficient (Wildman–Crippen LogP) is 1.71. The van der Waals surface area contributed by atoms with Crippen molar-refractivity contribution in [1.29, 1.82) is 0 Å². The summed E-state index contributed by atoms with van der Waals surface area (Å²) < 4.78 is 10.4. The Balaban J connectivity index is 1.47. The van der Waals surface area contributed by atoms with Crippen molar-refractivity contribution in [2.75, 3.05) is 39.8 Å². The Hall–Kier alpha value is -2.31. The molecular formula is C19H24N2O4. The molecule has 1 aliphatic rings. The lowest BCUT2D eigenvalue weighted by Gasteiger charge is -2.35. The van der Waals surface area contributed by atoms with E-state index in [2.05, 4.69) is 4.90 Å². The fourth-order valence-corrected chi connectivity index (χ4v) is 3.06. The SMILES string of the molecule is COc1cccc(CC(=O)N2CCN(CC(O)c3ccco3)CC2)c1. The molecule has 0 aliphatic carbocycles. The highest BCUT2D eigenvalue weighted by atomic mass is 16.5. The number of nitrogens with zero attached hydrogens (tertiary/aromatic N) is 2. The minimum Gasteiger partial charge on any atom is -0.497 e. The number of aliphatic hydroxyl groups excluding tert-OH is 1. The molecule has 6 nitrogen and oxygen atoms in total. The van der Waals surface area contributed by atoms with Crippen LogP contribution in [0.5, 0.6) is 5.75 Å². The number of furan rings is 1. The first-order chi connectivity index (χ1) is 12.2. The highest BCUT2D eigenvalue weighted by Crippen LogP contribution is 2.17. The second kappa shape index (κ2) is 8.18. The number of β-amino-alcohol motifs (C(OH)–C–C–N with tert-alkyl or cyclic N) is 1. The van der Waals surface area contributed by atoms with Crippen LogP contribution in [-0.2, 0) is 11.2 Å². The van der Waals surface area contributed by atoms with Crippen LogP contribution in [0, 0.1) is 0 Å². The number of methoxy groups -OCH3 is 1. The minimum absolute atomic E-state index is 0.125. The van der Waals surface area contributed by atoms with Crippen molar-refractivity contribution in [1.82, 2.24) is 9.80 Å². The molecule has 1 saturated heterocycles. The van der Waals surface area contributed by atoms with E-state index in [0.717, 1.165) is 24.4 Å². The average Bonchev–Trinajstić information content (AvgIpc) is 3.17. The number of carbonyl (C=O) groups excluding carboxylic acids is 1. The molecule has 1 aromatic heterocycles. The van der Waals surface area contributed by atoms with Gasteiger partial charge in [0.1, 0.15) is 17.6 Å². The number of hydrogen-bond acceptors (Lipinski definition) is 5. The maximum absolute atomic E-state index is 12.5. The maximum atomic E-state index is 12.5. The summed E-state index contributed by atoms with van der Waals surface area (Å²) in [5.74, 6) is 1.47. The number of benzene rings is 1. The maximum Gasteiger partial charge on any atom is 0.227 e. The molecular weight excluding hydrogens is 320 g/mol. The quantitative estimate of drug-likeness (QED) is 0.864. The summed E-state index contributed by atoms with van der Waals surface area (Å²) in [4.78, 5) is 16.5. The van der Waals surface area contributed by atoms with Gasteiger partial charge in [-0.1, -0.05) is 12.1 Å². The molecule has 0 bridgehead atoms. The molecule has 2 heterocycles. The van der Waals surface area contributed by atoms with Crippen LogP contribution in [0.1, 0.15) is 17.4 Å². The van der Waals surface area contributed by atoms with Crippen molar-refractivity contribution in [3.8, 4) is 5.75 Å². The van der Waals surface area contributed by atoms with E-state index >= 15 is 0 Å². The van der Waals surface area contributed by atoms with Gasteiger partial charge in [0.2, 0.25) is 5.91 Å². The van der Waals surface area contributed by atoms with Crippen LogP contribution in [0.3, 0.4) is 0 Å². The third kappa shape index (κ3) is 4.61. The van der Waals surface area contributed by atoms with Crippen molar-refractivity contribution in [2.45, 2.75) is 12.5 Å². The van der Waals surface area contributed by atoms with Crippen LogP contribution in [0.2, 0.25) is 0 Å². The molecule has 0 saturated carbocycles.